The number of fused-ring (bicyclic) bond motifs is 1. The lowest BCUT2D eigenvalue weighted by atomic mass is 10.3. The summed E-state index contributed by atoms with van der Waals surface area (Å²) in [6.45, 7) is 3.54. The Kier molecular flexibility index (Phi) is 3.86. The molecule has 3 heterocycles. The minimum absolute atomic E-state index is 0.697. The van der Waals surface area contributed by atoms with Crippen LogP contribution in [0.1, 0.15) is 12.5 Å². The highest BCUT2D eigenvalue weighted by Crippen LogP contribution is 2.17. The smallest absolute Gasteiger partial charge is 0.235 e. The first kappa shape index (κ1) is 13.2. The standard InChI is InChI=1S/C15H16N6/c1-2-3-7-20(11-13-9-16-12-17-10-13)14-4-5-18-15-19-6-8-21(14)15/h2-6,8-10,12H,7,11H2,1H3/b3-2+. The minimum atomic E-state index is 0.697. The monoisotopic (exact) mass is 280 g/mol. The molecular formula is C15H16N6. The van der Waals surface area contributed by atoms with E-state index in [2.05, 4.69) is 30.9 Å². The maximum absolute atomic E-state index is 4.25. The number of aromatic nitrogens is 5. The van der Waals surface area contributed by atoms with Gasteiger partial charge in [-0.15, -0.1) is 0 Å². The van der Waals surface area contributed by atoms with Crippen molar-refractivity contribution in [2.75, 3.05) is 11.4 Å². The van der Waals surface area contributed by atoms with Gasteiger partial charge >= 0.3 is 0 Å². The van der Waals surface area contributed by atoms with Crippen molar-refractivity contribution in [1.29, 1.82) is 0 Å². The number of nitrogens with zero attached hydrogens (tertiary/aromatic N) is 6. The van der Waals surface area contributed by atoms with Crippen LogP contribution < -0.4 is 4.90 Å². The Balaban J connectivity index is 1.97. The van der Waals surface area contributed by atoms with Crippen LogP contribution in [-0.2, 0) is 6.54 Å². The van der Waals surface area contributed by atoms with Gasteiger partial charge in [-0.2, -0.15) is 0 Å². The first-order valence-electron chi connectivity index (χ1n) is 6.76. The topological polar surface area (TPSA) is 59.2 Å². The van der Waals surface area contributed by atoms with Gasteiger partial charge in [-0.1, -0.05) is 12.2 Å². The Hall–Kier alpha value is -2.76. The van der Waals surface area contributed by atoms with Crippen LogP contribution >= 0.6 is 0 Å². The molecule has 0 atom stereocenters. The Morgan fingerprint density at radius 2 is 2.00 bits per heavy atom. The lowest BCUT2D eigenvalue weighted by Crippen LogP contribution is -2.25. The Labute approximate surface area is 122 Å². The lowest BCUT2D eigenvalue weighted by molar-refractivity contribution is 0.820. The highest BCUT2D eigenvalue weighted by molar-refractivity contribution is 5.47. The van der Waals surface area contributed by atoms with Crippen molar-refractivity contribution in [1.82, 2.24) is 24.3 Å². The van der Waals surface area contributed by atoms with Gasteiger partial charge in [0, 0.05) is 49.6 Å². The Bertz CT molecular complexity index is 734. The molecule has 0 saturated heterocycles. The van der Waals surface area contributed by atoms with Crippen molar-refractivity contribution in [3.63, 3.8) is 0 Å². The van der Waals surface area contributed by atoms with Crippen molar-refractivity contribution in [2.45, 2.75) is 13.5 Å². The molecule has 6 nitrogen and oxygen atoms in total. The summed E-state index contributed by atoms with van der Waals surface area (Å²) in [7, 11) is 0. The second-order valence-electron chi connectivity index (χ2n) is 4.60. The molecule has 0 aliphatic carbocycles. The maximum Gasteiger partial charge on any atom is 0.235 e. The van der Waals surface area contributed by atoms with Crippen LogP contribution in [0.15, 0.2) is 55.5 Å². The maximum atomic E-state index is 4.25. The van der Waals surface area contributed by atoms with E-state index in [1.165, 1.54) is 0 Å². The molecule has 0 fully saturated rings. The van der Waals surface area contributed by atoms with E-state index in [0.717, 1.165) is 24.5 Å². The fourth-order valence-electron chi connectivity index (χ4n) is 2.18. The van der Waals surface area contributed by atoms with Gasteiger partial charge in [0.05, 0.1) is 0 Å². The fourth-order valence-corrected chi connectivity index (χ4v) is 2.18. The zero-order valence-electron chi connectivity index (χ0n) is 11.8. The summed E-state index contributed by atoms with van der Waals surface area (Å²) in [4.78, 5) is 18.9. The molecule has 3 rings (SSSR count). The summed E-state index contributed by atoms with van der Waals surface area (Å²) in [5.41, 5.74) is 1.06. The van der Waals surface area contributed by atoms with Crippen LogP contribution in [0.2, 0.25) is 0 Å². The van der Waals surface area contributed by atoms with Gasteiger partial charge < -0.3 is 4.90 Å². The molecule has 0 N–H and O–H groups in total. The van der Waals surface area contributed by atoms with Gasteiger partial charge in [0.25, 0.3) is 0 Å². The second kappa shape index (κ2) is 6.13. The lowest BCUT2D eigenvalue weighted by Gasteiger charge is -2.23. The summed E-state index contributed by atoms with van der Waals surface area (Å²) < 4.78 is 1.98. The van der Waals surface area contributed by atoms with Crippen molar-refractivity contribution >= 4 is 11.6 Å². The molecular weight excluding hydrogens is 264 g/mol. The molecule has 106 valence electrons. The van der Waals surface area contributed by atoms with Crippen molar-refractivity contribution in [3.05, 3.63) is 61.1 Å². The van der Waals surface area contributed by atoms with Crippen LogP contribution in [0.3, 0.4) is 0 Å². The van der Waals surface area contributed by atoms with Gasteiger partial charge in [0.1, 0.15) is 12.1 Å². The van der Waals surface area contributed by atoms with E-state index < -0.39 is 0 Å². The van der Waals surface area contributed by atoms with E-state index in [1.807, 2.05) is 42.1 Å². The number of rotatable bonds is 5. The van der Waals surface area contributed by atoms with E-state index in [-0.39, 0.29) is 0 Å². The second-order valence-corrected chi connectivity index (χ2v) is 4.60. The molecule has 0 bridgehead atoms. The molecule has 0 aliphatic heterocycles. The third-order valence-electron chi connectivity index (χ3n) is 3.15. The van der Waals surface area contributed by atoms with Gasteiger partial charge in [-0.25, -0.2) is 19.9 Å². The average Bonchev–Trinajstić information content (AvgIpc) is 3.01. The fraction of sp³-hybridized carbons (Fsp3) is 0.200. The molecule has 0 spiro atoms. The number of imidazole rings is 1. The van der Waals surface area contributed by atoms with Gasteiger partial charge in [-0.3, -0.25) is 4.40 Å². The zero-order chi connectivity index (χ0) is 14.5. The van der Waals surface area contributed by atoms with E-state index in [0.29, 0.717) is 5.78 Å². The zero-order valence-corrected chi connectivity index (χ0v) is 11.8. The van der Waals surface area contributed by atoms with Crippen LogP contribution in [0, 0.1) is 0 Å². The van der Waals surface area contributed by atoms with Gasteiger partial charge in [0.15, 0.2) is 0 Å². The molecule has 0 radical (unpaired) electrons. The van der Waals surface area contributed by atoms with Crippen molar-refractivity contribution in [3.8, 4) is 0 Å². The molecule has 3 aromatic heterocycles. The van der Waals surface area contributed by atoms with Gasteiger partial charge in [0.2, 0.25) is 5.78 Å². The SMILES string of the molecule is C/C=C/CN(Cc1cncnc1)c1ccnc2nccn12. The number of anilines is 1. The quantitative estimate of drug-likeness (QED) is 0.670. The van der Waals surface area contributed by atoms with E-state index in [1.54, 1.807) is 18.7 Å². The third kappa shape index (κ3) is 2.89. The summed E-state index contributed by atoms with van der Waals surface area (Å²) in [6, 6.07) is 1.99. The third-order valence-corrected chi connectivity index (χ3v) is 3.15. The minimum Gasteiger partial charge on any atom is -0.349 e. The normalized spacial score (nSPS) is 11.3. The molecule has 0 aromatic carbocycles. The average molecular weight is 280 g/mol. The van der Waals surface area contributed by atoms with Gasteiger partial charge in [-0.05, 0) is 13.0 Å². The van der Waals surface area contributed by atoms with Crippen molar-refractivity contribution < 1.29 is 0 Å². The first-order chi connectivity index (χ1) is 10.4. The van der Waals surface area contributed by atoms with Crippen LogP contribution in [0.5, 0.6) is 0 Å². The highest BCUT2D eigenvalue weighted by atomic mass is 15.2. The molecule has 0 amide bonds. The van der Waals surface area contributed by atoms with E-state index in [9.17, 15) is 0 Å². The van der Waals surface area contributed by atoms with Crippen molar-refractivity contribution in [2.24, 2.45) is 0 Å². The van der Waals surface area contributed by atoms with E-state index in [4.69, 9.17) is 0 Å². The molecule has 0 saturated carbocycles. The van der Waals surface area contributed by atoms with Crippen LogP contribution in [-0.4, -0.2) is 30.9 Å². The largest absolute Gasteiger partial charge is 0.349 e. The molecule has 6 heteroatoms. The predicted molar refractivity (Wildman–Crippen MR) is 80.9 cm³/mol. The first-order valence-corrected chi connectivity index (χ1v) is 6.76. The molecule has 0 unspecified atom stereocenters. The molecule has 21 heavy (non-hydrogen) atoms. The molecule has 0 aliphatic rings. The summed E-state index contributed by atoms with van der Waals surface area (Å²) in [5, 5.41) is 0. The van der Waals surface area contributed by atoms with Crippen LogP contribution in [0.4, 0.5) is 5.82 Å². The number of hydrogen-bond acceptors (Lipinski definition) is 5. The Morgan fingerprint density at radius 1 is 1.19 bits per heavy atom. The number of hydrogen-bond donors (Lipinski definition) is 0. The summed E-state index contributed by atoms with van der Waals surface area (Å²) >= 11 is 0. The Morgan fingerprint density at radius 3 is 2.81 bits per heavy atom. The van der Waals surface area contributed by atoms with Crippen LogP contribution in [0.25, 0.3) is 5.78 Å². The number of allylic oxidation sites excluding steroid dienone is 1. The molecule has 3 aromatic rings. The summed E-state index contributed by atoms with van der Waals surface area (Å²) in [5.74, 6) is 1.74. The summed E-state index contributed by atoms with van der Waals surface area (Å²) in [6.07, 6.45) is 14.8. The van der Waals surface area contributed by atoms with E-state index >= 15 is 0 Å². The highest BCUT2D eigenvalue weighted by Gasteiger charge is 2.10. The predicted octanol–water partition coefficient (Wildman–Crippen LogP) is 2.10.